The number of carbonyl (C=O) groups is 1. The van der Waals surface area contributed by atoms with Crippen LogP contribution in [-0.2, 0) is 31.9 Å². The molecule has 10 nitrogen and oxygen atoms in total. The van der Waals surface area contributed by atoms with Gasteiger partial charge in [-0.2, -0.15) is 0 Å². The van der Waals surface area contributed by atoms with E-state index < -0.39 is 11.2 Å². The maximum Gasteiger partial charge on any atom is 0.332 e. The molecular formula is C20H22ClN5O5. The molecule has 2 aromatic heterocycles. The second-order valence-corrected chi connectivity index (χ2v) is 7.67. The quantitative estimate of drug-likeness (QED) is 0.593. The molecule has 11 heteroatoms. The van der Waals surface area contributed by atoms with Crippen molar-refractivity contribution in [1.82, 2.24) is 24.0 Å². The highest BCUT2D eigenvalue weighted by Gasteiger charge is 2.17. The van der Waals surface area contributed by atoms with Crippen LogP contribution in [-0.4, -0.2) is 44.4 Å². The molecule has 3 heterocycles. The minimum absolute atomic E-state index is 0.160. The van der Waals surface area contributed by atoms with E-state index in [0.29, 0.717) is 53.9 Å². The Kier molecular flexibility index (Phi) is 5.73. The normalized spacial score (nSPS) is 12.9. The predicted molar refractivity (Wildman–Crippen MR) is 114 cm³/mol. The van der Waals surface area contributed by atoms with Gasteiger partial charge in [0.2, 0.25) is 5.91 Å². The number of fused-ring (bicyclic) bond motifs is 2. The van der Waals surface area contributed by atoms with Gasteiger partial charge in [0.1, 0.15) is 13.2 Å². The number of halogens is 1. The van der Waals surface area contributed by atoms with Gasteiger partial charge in [0.15, 0.2) is 22.7 Å². The van der Waals surface area contributed by atoms with Gasteiger partial charge in [0.25, 0.3) is 5.56 Å². The number of aromatic nitrogens is 4. The van der Waals surface area contributed by atoms with Crippen LogP contribution in [0.4, 0.5) is 0 Å². The first-order valence-corrected chi connectivity index (χ1v) is 10.2. The van der Waals surface area contributed by atoms with Crippen molar-refractivity contribution in [3.05, 3.63) is 49.9 Å². The molecule has 3 aromatic rings. The van der Waals surface area contributed by atoms with Gasteiger partial charge >= 0.3 is 5.69 Å². The summed E-state index contributed by atoms with van der Waals surface area (Å²) < 4.78 is 15.0. The first-order chi connectivity index (χ1) is 14.9. The van der Waals surface area contributed by atoms with Gasteiger partial charge in [0.05, 0.1) is 11.3 Å². The van der Waals surface area contributed by atoms with E-state index in [1.54, 1.807) is 17.7 Å². The van der Waals surface area contributed by atoms with Crippen molar-refractivity contribution in [2.24, 2.45) is 14.1 Å². The van der Waals surface area contributed by atoms with Gasteiger partial charge in [-0.3, -0.25) is 18.7 Å². The van der Waals surface area contributed by atoms with E-state index in [2.05, 4.69) is 10.3 Å². The maximum absolute atomic E-state index is 12.4. The number of ether oxygens (including phenoxy) is 2. The smallest absolute Gasteiger partial charge is 0.332 e. The zero-order valence-corrected chi connectivity index (χ0v) is 17.9. The molecule has 31 heavy (non-hydrogen) atoms. The lowest BCUT2D eigenvalue weighted by Crippen LogP contribution is -2.37. The van der Waals surface area contributed by atoms with Crippen LogP contribution in [0.1, 0.15) is 12.0 Å². The van der Waals surface area contributed by atoms with Crippen LogP contribution in [0.5, 0.6) is 11.5 Å². The number of hydrogen-bond acceptors (Lipinski definition) is 6. The van der Waals surface area contributed by atoms with E-state index in [1.807, 2.05) is 6.07 Å². The number of rotatable bonds is 6. The third-order valence-electron chi connectivity index (χ3n) is 5.19. The summed E-state index contributed by atoms with van der Waals surface area (Å²) in [6, 6.07) is 3.67. The van der Waals surface area contributed by atoms with Crippen molar-refractivity contribution < 1.29 is 14.3 Å². The second kappa shape index (κ2) is 8.46. The molecule has 164 valence electrons. The minimum Gasteiger partial charge on any atom is -0.486 e. The van der Waals surface area contributed by atoms with Crippen LogP contribution < -0.4 is 26.0 Å². The Bertz CT molecular complexity index is 1280. The fourth-order valence-electron chi connectivity index (χ4n) is 3.53. The molecule has 1 aliphatic rings. The summed E-state index contributed by atoms with van der Waals surface area (Å²) in [4.78, 5) is 40.9. The number of nitrogens with zero attached hydrogens (tertiary/aromatic N) is 4. The second-order valence-electron chi connectivity index (χ2n) is 7.27. The Labute approximate surface area is 182 Å². The molecule has 4 rings (SSSR count). The maximum atomic E-state index is 12.4. The average molecular weight is 448 g/mol. The molecule has 1 aromatic carbocycles. The van der Waals surface area contributed by atoms with E-state index >= 15 is 0 Å². The van der Waals surface area contributed by atoms with Crippen molar-refractivity contribution in [2.75, 3.05) is 19.8 Å². The van der Waals surface area contributed by atoms with Gasteiger partial charge in [-0.15, -0.1) is 0 Å². The van der Waals surface area contributed by atoms with Gasteiger partial charge in [-0.05, 0) is 24.1 Å². The molecule has 0 saturated carbocycles. The highest BCUT2D eigenvalue weighted by molar-refractivity contribution is 6.32. The van der Waals surface area contributed by atoms with Crippen molar-refractivity contribution in [3.8, 4) is 11.5 Å². The van der Waals surface area contributed by atoms with Crippen LogP contribution in [0.3, 0.4) is 0 Å². The Morgan fingerprint density at radius 1 is 1.19 bits per heavy atom. The molecule has 0 spiro atoms. The summed E-state index contributed by atoms with van der Waals surface area (Å²) in [5.41, 5.74) is 0.637. The first-order valence-electron chi connectivity index (χ1n) is 9.82. The van der Waals surface area contributed by atoms with E-state index in [0.717, 1.165) is 10.1 Å². The van der Waals surface area contributed by atoms with Gasteiger partial charge < -0.3 is 19.4 Å². The summed E-state index contributed by atoms with van der Waals surface area (Å²) >= 11 is 6.24. The lowest BCUT2D eigenvalue weighted by molar-refractivity contribution is -0.121. The highest BCUT2D eigenvalue weighted by atomic mass is 35.5. The number of nitrogens with one attached hydrogen (secondary N) is 1. The molecule has 0 atom stereocenters. The Morgan fingerprint density at radius 3 is 2.77 bits per heavy atom. The number of hydrogen-bond donors (Lipinski definition) is 1. The van der Waals surface area contributed by atoms with E-state index in [-0.39, 0.29) is 18.9 Å². The molecule has 0 bridgehead atoms. The molecule has 1 N–H and O–H groups in total. The topological polar surface area (TPSA) is 109 Å². The zero-order valence-electron chi connectivity index (χ0n) is 17.2. The van der Waals surface area contributed by atoms with Crippen LogP contribution in [0.15, 0.2) is 28.0 Å². The number of imidazole rings is 1. The minimum atomic E-state index is -0.445. The number of benzene rings is 1. The Balaban J connectivity index is 1.36. The van der Waals surface area contributed by atoms with Crippen molar-refractivity contribution >= 4 is 28.7 Å². The molecule has 0 radical (unpaired) electrons. The molecule has 0 unspecified atom stereocenters. The highest BCUT2D eigenvalue weighted by Crippen LogP contribution is 2.38. The fraction of sp³-hybridized carbons (Fsp3) is 0.400. The SMILES string of the molecule is Cn1c(=O)c2c(ncn2CCC(=O)NCCc2cc(Cl)c3c(c2)OCCO3)n(C)c1=O. The Hall–Kier alpha value is -3.27. The summed E-state index contributed by atoms with van der Waals surface area (Å²) in [5.74, 6) is 1.01. The van der Waals surface area contributed by atoms with Gasteiger partial charge in [-0.1, -0.05) is 11.6 Å². The third-order valence-corrected chi connectivity index (χ3v) is 5.47. The summed E-state index contributed by atoms with van der Waals surface area (Å²) in [6.07, 6.45) is 2.22. The van der Waals surface area contributed by atoms with Gasteiger partial charge in [-0.25, -0.2) is 9.78 Å². The average Bonchev–Trinajstić information content (AvgIpc) is 3.19. The number of aryl methyl sites for hydroxylation is 2. The molecule has 0 fully saturated rings. The zero-order chi connectivity index (χ0) is 22.1. The van der Waals surface area contributed by atoms with Crippen molar-refractivity contribution in [1.29, 1.82) is 0 Å². The summed E-state index contributed by atoms with van der Waals surface area (Å²) in [6.45, 7) is 1.64. The molecule has 0 saturated heterocycles. The standard InChI is InChI=1S/C20H22ClN5O5/c1-24-18-16(19(28)25(2)20(24)29)26(11-23-18)6-4-15(27)22-5-3-12-9-13(21)17-14(10-12)30-7-8-31-17/h9-11H,3-8H2,1-2H3,(H,22,27). The molecule has 1 amide bonds. The van der Waals surface area contributed by atoms with Crippen molar-refractivity contribution in [2.45, 2.75) is 19.4 Å². The summed E-state index contributed by atoms with van der Waals surface area (Å²) in [5, 5.41) is 3.35. The third kappa shape index (κ3) is 4.02. The summed E-state index contributed by atoms with van der Waals surface area (Å²) in [7, 11) is 2.97. The first kappa shape index (κ1) is 21.0. The molecule has 1 aliphatic heterocycles. The largest absolute Gasteiger partial charge is 0.486 e. The van der Waals surface area contributed by atoms with Crippen LogP contribution in [0.25, 0.3) is 11.2 Å². The lowest BCUT2D eigenvalue weighted by atomic mass is 10.1. The van der Waals surface area contributed by atoms with E-state index in [4.69, 9.17) is 21.1 Å². The van der Waals surface area contributed by atoms with E-state index in [1.165, 1.54) is 17.9 Å². The molecule has 0 aliphatic carbocycles. The van der Waals surface area contributed by atoms with Crippen LogP contribution in [0, 0.1) is 0 Å². The fourth-order valence-corrected chi connectivity index (χ4v) is 3.82. The van der Waals surface area contributed by atoms with Gasteiger partial charge in [0, 0.05) is 33.6 Å². The number of amides is 1. The van der Waals surface area contributed by atoms with Crippen LogP contribution in [0.2, 0.25) is 5.02 Å². The number of carbonyl (C=O) groups excluding carboxylic acids is 1. The van der Waals surface area contributed by atoms with Crippen molar-refractivity contribution in [3.63, 3.8) is 0 Å². The Morgan fingerprint density at radius 2 is 1.97 bits per heavy atom. The van der Waals surface area contributed by atoms with Crippen LogP contribution >= 0.6 is 11.6 Å². The molecular weight excluding hydrogens is 426 g/mol. The monoisotopic (exact) mass is 447 g/mol. The predicted octanol–water partition coefficient (Wildman–Crippen LogP) is 0.607. The lowest BCUT2D eigenvalue weighted by Gasteiger charge is -2.20. The van der Waals surface area contributed by atoms with E-state index in [9.17, 15) is 14.4 Å².